The Labute approximate surface area is 213 Å². The molecule has 1 aliphatic heterocycles. The Bertz CT molecular complexity index is 1230. The van der Waals surface area contributed by atoms with Crippen molar-refractivity contribution in [1.29, 1.82) is 0 Å². The fourth-order valence-electron chi connectivity index (χ4n) is 4.59. The number of nitrogens with zero attached hydrogens (tertiary/aromatic N) is 3. The first-order valence-corrected chi connectivity index (χ1v) is 13.0. The van der Waals surface area contributed by atoms with Crippen molar-refractivity contribution in [2.75, 3.05) is 5.75 Å². The average molecular weight is 508 g/mol. The SMILES string of the molecule is O=C(CSc1ccccn1)N1N=C2/C(=C\c3ccc(Cl)cc3)CCC[C@@H]2[C@H]1c1ccc(Cl)cc1. The van der Waals surface area contributed by atoms with E-state index in [1.54, 1.807) is 11.2 Å². The van der Waals surface area contributed by atoms with Crippen molar-refractivity contribution >= 4 is 52.7 Å². The van der Waals surface area contributed by atoms with E-state index in [-0.39, 0.29) is 23.6 Å². The molecular formula is C27H23Cl2N3OS. The minimum atomic E-state index is -0.141. The predicted molar refractivity (Wildman–Crippen MR) is 140 cm³/mol. The van der Waals surface area contributed by atoms with Crippen LogP contribution in [0, 0.1) is 5.92 Å². The second-order valence-corrected chi connectivity index (χ2v) is 10.3. The van der Waals surface area contributed by atoms with Crippen LogP contribution >= 0.6 is 35.0 Å². The van der Waals surface area contributed by atoms with Crippen molar-refractivity contribution < 1.29 is 4.79 Å². The van der Waals surface area contributed by atoms with Crippen LogP contribution in [0.2, 0.25) is 10.0 Å². The van der Waals surface area contributed by atoms with Gasteiger partial charge in [0.25, 0.3) is 5.91 Å². The number of benzene rings is 2. The van der Waals surface area contributed by atoms with Gasteiger partial charge in [-0.2, -0.15) is 5.10 Å². The zero-order valence-corrected chi connectivity index (χ0v) is 20.7. The van der Waals surface area contributed by atoms with Crippen LogP contribution in [0.1, 0.15) is 36.4 Å². The molecule has 3 aromatic rings. The fourth-order valence-corrected chi connectivity index (χ4v) is 5.56. The maximum atomic E-state index is 13.4. The third kappa shape index (κ3) is 5.07. The van der Waals surface area contributed by atoms with Crippen LogP contribution in [0.4, 0.5) is 0 Å². The number of hydrazone groups is 1. The van der Waals surface area contributed by atoms with Crippen molar-refractivity contribution in [2.45, 2.75) is 30.3 Å². The molecule has 2 aromatic carbocycles. The number of rotatable bonds is 5. The number of aromatic nitrogens is 1. The molecule has 1 aliphatic carbocycles. The van der Waals surface area contributed by atoms with Gasteiger partial charge in [-0.15, -0.1) is 0 Å². The minimum absolute atomic E-state index is 0.0247. The number of fused-ring (bicyclic) bond motifs is 1. The van der Waals surface area contributed by atoms with Crippen LogP contribution in [-0.4, -0.2) is 27.4 Å². The van der Waals surface area contributed by atoms with E-state index in [1.807, 2.05) is 66.7 Å². The predicted octanol–water partition coefficient (Wildman–Crippen LogP) is 7.30. The molecule has 1 saturated carbocycles. The molecule has 2 atom stereocenters. The maximum Gasteiger partial charge on any atom is 0.253 e. The summed E-state index contributed by atoms with van der Waals surface area (Å²) in [5.41, 5.74) is 4.33. The van der Waals surface area contributed by atoms with Gasteiger partial charge in [0.05, 0.1) is 22.5 Å². The van der Waals surface area contributed by atoms with E-state index in [9.17, 15) is 4.79 Å². The zero-order chi connectivity index (χ0) is 23.5. The summed E-state index contributed by atoms with van der Waals surface area (Å²) in [6.45, 7) is 0. The number of pyridine rings is 1. The molecule has 1 amide bonds. The quantitative estimate of drug-likeness (QED) is 0.340. The molecule has 0 bridgehead atoms. The molecule has 1 fully saturated rings. The highest BCUT2D eigenvalue weighted by Crippen LogP contribution is 2.44. The van der Waals surface area contributed by atoms with E-state index in [4.69, 9.17) is 28.3 Å². The molecule has 0 radical (unpaired) electrons. The molecule has 0 unspecified atom stereocenters. The lowest BCUT2D eigenvalue weighted by Gasteiger charge is -2.29. The van der Waals surface area contributed by atoms with E-state index in [1.165, 1.54) is 17.3 Å². The monoisotopic (exact) mass is 507 g/mol. The number of halogens is 2. The van der Waals surface area contributed by atoms with Crippen LogP contribution in [0.15, 0.2) is 88.6 Å². The average Bonchev–Trinajstić information content (AvgIpc) is 3.26. The molecule has 0 N–H and O–H groups in total. The topological polar surface area (TPSA) is 45.6 Å². The molecule has 7 heteroatoms. The Balaban J connectivity index is 1.47. The first kappa shape index (κ1) is 23.2. The summed E-state index contributed by atoms with van der Waals surface area (Å²) in [6, 6.07) is 21.2. The lowest BCUT2D eigenvalue weighted by atomic mass is 9.77. The zero-order valence-electron chi connectivity index (χ0n) is 18.4. The smallest absolute Gasteiger partial charge is 0.253 e. The molecule has 4 nitrogen and oxygen atoms in total. The Morgan fingerprint density at radius 2 is 1.76 bits per heavy atom. The summed E-state index contributed by atoms with van der Waals surface area (Å²) in [6.07, 6.45) is 6.90. The third-order valence-electron chi connectivity index (χ3n) is 6.16. The van der Waals surface area contributed by atoms with Crippen LogP contribution in [0.5, 0.6) is 0 Å². The molecule has 5 rings (SSSR count). The number of allylic oxidation sites excluding steroid dienone is 1. The Kier molecular flexibility index (Phi) is 7.05. The Hall–Kier alpha value is -2.60. The number of amides is 1. The second-order valence-electron chi connectivity index (χ2n) is 8.40. The number of carbonyl (C=O) groups excluding carboxylic acids is 1. The number of hydrogen-bond donors (Lipinski definition) is 0. The number of thioether (sulfide) groups is 1. The van der Waals surface area contributed by atoms with Gasteiger partial charge >= 0.3 is 0 Å². The van der Waals surface area contributed by atoms with E-state index in [2.05, 4.69) is 11.1 Å². The summed E-state index contributed by atoms with van der Waals surface area (Å²) in [5, 5.41) is 8.85. The molecule has 2 heterocycles. The standard InChI is InChI=1S/C27H23Cl2N3OS/c28-21-11-7-18(8-12-21)16-20-4-3-5-23-26(20)31-32(27(23)19-9-13-22(29)14-10-19)25(33)17-34-24-6-1-2-15-30-24/h1-2,6-16,23,27H,3-5,17H2/b20-16-/t23-,27+/m0/s1. The first-order chi connectivity index (χ1) is 16.6. The molecule has 1 aromatic heterocycles. The first-order valence-electron chi connectivity index (χ1n) is 11.2. The molecular weight excluding hydrogens is 485 g/mol. The van der Waals surface area contributed by atoms with Crippen molar-refractivity contribution in [3.05, 3.63) is 99.7 Å². The van der Waals surface area contributed by atoms with E-state index >= 15 is 0 Å². The molecule has 34 heavy (non-hydrogen) atoms. The molecule has 172 valence electrons. The lowest BCUT2D eigenvalue weighted by Crippen LogP contribution is -2.32. The van der Waals surface area contributed by atoms with E-state index in [0.29, 0.717) is 10.0 Å². The Morgan fingerprint density at radius 3 is 2.47 bits per heavy atom. The van der Waals surface area contributed by atoms with Gasteiger partial charge in [0.2, 0.25) is 0 Å². The lowest BCUT2D eigenvalue weighted by molar-refractivity contribution is -0.130. The fraction of sp³-hybridized carbons (Fsp3) is 0.222. The highest BCUT2D eigenvalue weighted by molar-refractivity contribution is 7.99. The second kappa shape index (κ2) is 10.3. The number of hydrogen-bond acceptors (Lipinski definition) is 4. The summed E-state index contributed by atoms with van der Waals surface area (Å²) < 4.78 is 0. The van der Waals surface area contributed by atoms with Gasteiger partial charge in [0, 0.05) is 22.2 Å². The van der Waals surface area contributed by atoms with Crippen LogP contribution < -0.4 is 0 Å². The third-order valence-corrected chi connectivity index (χ3v) is 7.59. The van der Waals surface area contributed by atoms with Crippen LogP contribution in [-0.2, 0) is 4.79 Å². The largest absolute Gasteiger partial charge is 0.272 e. The maximum absolute atomic E-state index is 13.4. The van der Waals surface area contributed by atoms with Gasteiger partial charge in [-0.05, 0) is 78.4 Å². The van der Waals surface area contributed by atoms with Crippen molar-refractivity contribution in [3.63, 3.8) is 0 Å². The molecule has 0 spiro atoms. The highest BCUT2D eigenvalue weighted by atomic mass is 35.5. The van der Waals surface area contributed by atoms with Gasteiger partial charge in [0.15, 0.2) is 0 Å². The number of carbonyl (C=O) groups is 1. The molecule has 0 saturated heterocycles. The molecule has 2 aliphatic rings. The van der Waals surface area contributed by atoms with Crippen LogP contribution in [0.25, 0.3) is 6.08 Å². The van der Waals surface area contributed by atoms with Gasteiger partial charge in [-0.1, -0.05) is 65.3 Å². The van der Waals surface area contributed by atoms with E-state index < -0.39 is 0 Å². The van der Waals surface area contributed by atoms with Gasteiger partial charge < -0.3 is 0 Å². The van der Waals surface area contributed by atoms with Gasteiger partial charge in [-0.3, -0.25) is 4.79 Å². The summed E-state index contributed by atoms with van der Waals surface area (Å²) >= 11 is 13.7. The Morgan fingerprint density at radius 1 is 1.03 bits per heavy atom. The highest BCUT2D eigenvalue weighted by Gasteiger charge is 2.43. The van der Waals surface area contributed by atoms with Crippen molar-refractivity contribution in [2.24, 2.45) is 11.0 Å². The van der Waals surface area contributed by atoms with Crippen molar-refractivity contribution in [1.82, 2.24) is 9.99 Å². The minimum Gasteiger partial charge on any atom is -0.272 e. The van der Waals surface area contributed by atoms with Gasteiger partial charge in [-0.25, -0.2) is 9.99 Å². The summed E-state index contributed by atoms with van der Waals surface area (Å²) in [4.78, 5) is 17.7. The van der Waals surface area contributed by atoms with E-state index in [0.717, 1.165) is 41.1 Å². The normalized spacial score (nSPS) is 20.8. The van der Waals surface area contributed by atoms with Gasteiger partial charge in [0.1, 0.15) is 0 Å². The summed E-state index contributed by atoms with van der Waals surface area (Å²) in [7, 11) is 0. The van der Waals surface area contributed by atoms with Crippen molar-refractivity contribution in [3.8, 4) is 0 Å². The summed E-state index contributed by atoms with van der Waals surface area (Å²) in [5.74, 6) is 0.404. The van der Waals surface area contributed by atoms with Crippen LogP contribution in [0.3, 0.4) is 0 Å².